The van der Waals surface area contributed by atoms with E-state index in [1.54, 1.807) is 0 Å². The van der Waals surface area contributed by atoms with E-state index in [0.29, 0.717) is 11.8 Å². The fraction of sp³-hybridized carbons (Fsp3) is 1.00. The summed E-state index contributed by atoms with van der Waals surface area (Å²) < 4.78 is 11.0. The van der Waals surface area contributed by atoms with Crippen LogP contribution < -0.4 is 0 Å². The summed E-state index contributed by atoms with van der Waals surface area (Å²) in [5, 5.41) is 0. The molecule has 0 aromatic rings. The van der Waals surface area contributed by atoms with Gasteiger partial charge in [0, 0.05) is 19.1 Å². The molecule has 0 spiro atoms. The molecule has 0 radical (unpaired) electrons. The Morgan fingerprint density at radius 3 is 1.58 bits per heavy atom. The second-order valence-electron chi connectivity index (χ2n) is 3.38. The second kappa shape index (κ2) is 6.44. The fourth-order valence-electron chi connectivity index (χ4n) is 0.994. The van der Waals surface area contributed by atoms with Gasteiger partial charge in [0.15, 0.2) is 6.29 Å². The molecule has 2 heteroatoms. The number of rotatable bonds is 6. The predicted molar refractivity (Wildman–Crippen MR) is 51.0 cm³/mol. The normalized spacial score (nSPS) is 14.2. The van der Waals surface area contributed by atoms with E-state index in [9.17, 15) is 0 Å². The van der Waals surface area contributed by atoms with Gasteiger partial charge < -0.3 is 9.47 Å². The van der Waals surface area contributed by atoms with E-state index in [0.717, 1.165) is 13.2 Å². The lowest BCUT2D eigenvalue weighted by Crippen LogP contribution is -2.28. The number of hydrogen-bond donors (Lipinski definition) is 0. The van der Waals surface area contributed by atoms with E-state index >= 15 is 0 Å². The van der Waals surface area contributed by atoms with Crippen molar-refractivity contribution in [1.29, 1.82) is 0 Å². The fourth-order valence-corrected chi connectivity index (χ4v) is 0.994. The van der Waals surface area contributed by atoms with Crippen LogP contribution in [0.25, 0.3) is 0 Å². The standard InChI is InChI=1S/C10H22O2/c1-6-11-10(12-7-2)9(5)8(3)4/h8-10H,6-7H2,1-5H3/t9-/m0/s1. The van der Waals surface area contributed by atoms with Crippen LogP contribution in [0.15, 0.2) is 0 Å². The van der Waals surface area contributed by atoms with Crippen LogP contribution in [0.5, 0.6) is 0 Å². The van der Waals surface area contributed by atoms with Crippen molar-refractivity contribution in [3.8, 4) is 0 Å². The molecule has 0 aliphatic rings. The Balaban J connectivity index is 3.89. The smallest absolute Gasteiger partial charge is 0.160 e. The van der Waals surface area contributed by atoms with Crippen LogP contribution in [0, 0.1) is 11.8 Å². The lowest BCUT2D eigenvalue weighted by Gasteiger charge is -2.26. The Bertz CT molecular complexity index is 96.0. The van der Waals surface area contributed by atoms with Crippen molar-refractivity contribution < 1.29 is 9.47 Å². The first kappa shape index (κ1) is 11.9. The van der Waals surface area contributed by atoms with Gasteiger partial charge in [-0.1, -0.05) is 20.8 Å². The molecule has 0 fully saturated rings. The van der Waals surface area contributed by atoms with Crippen LogP contribution in [0.4, 0.5) is 0 Å². The highest BCUT2D eigenvalue weighted by molar-refractivity contribution is 4.61. The number of ether oxygens (including phenoxy) is 2. The van der Waals surface area contributed by atoms with Gasteiger partial charge in [-0.15, -0.1) is 0 Å². The van der Waals surface area contributed by atoms with Crippen molar-refractivity contribution in [3.63, 3.8) is 0 Å². The molecule has 0 saturated carbocycles. The topological polar surface area (TPSA) is 18.5 Å². The molecule has 1 atom stereocenters. The summed E-state index contributed by atoms with van der Waals surface area (Å²) in [5.41, 5.74) is 0. The van der Waals surface area contributed by atoms with Crippen LogP contribution in [0.2, 0.25) is 0 Å². The maximum atomic E-state index is 5.48. The van der Waals surface area contributed by atoms with E-state index in [4.69, 9.17) is 9.47 Å². The first-order chi connectivity index (χ1) is 5.63. The summed E-state index contributed by atoms with van der Waals surface area (Å²) in [6.45, 7) is 12.0. The van der Waals surface area contributed by atoms with Crippen LogP contribution in [-0.4, -0.2) is 19.5 Å². The van der Waals surface area contributed by atoms with E-state index in [1.165, 1.54) is 0 Å². The van der Waals surface area contributed by atoms with Crippen LogP contribution in [-0.2, 0) is 9.47 Å². The Morgan fingerprint density at radius 2 is 1.33 bits per heavy atom. The molecule has 0 rings (SSSR count). The highest BCUT2D eigenvalue weighted by Gasteiger charge is 2.20. The summed E-state index contributed by atoms with van der Waals surface area (Å²) in [6.07, 6.45) is -0.0278. The third kappa shape index (κ3) is 4.07. The van der Waals surface area contributed by atoms with Gasteiger partial charge in [-0.2, -0.15) is 0 Å². The largest absolute Gasteiger partial charge is 0.353 e. The Labute approximate surface area is 76.3 Å². The zero-order valence-corrected chi connectivity index (χ0v) is 8.96. The second-order valence-corrected chi connectivity index (χ2v) is 3.38. The van der Waals surface area contributed by atoms with Gasteiger partial charge in [-0.05, 0) is 19.8 Å². The summed E-state index contributed by atoms with van der Waals surface area (Å²) in [7, 11) is 0. The molecule has 0 N–H and O–H groups in total. The zero-order chi connectivity index (χ0) is 9.56. The molecule has 0 amide bonds. The number of hydrogen-bond acceptors (Lipinski definition) is 2. The SMILES string of the molecule is CCOC(OCC)[C@@H](C)C(C)C. The third-order valence-electron chi connectivity index (χ3n) is 2.14. The summed E-state index contributed by atoms with van der Waals surface area (Å²) >= 11 is 0. The van der Waals surface area contributed by atoms with Gasteiger partial charge >= 0.3 is 0 Å². The van der Waals surface area contributed by atoms with Crippen molar-refractivity contribution in [1.82, 2.24) is 0 Å². The molecule has 0 saturated heterocycles. The van der Waals surface area contributed by atoms with Gasteiger partial charge in [0.1, 0.15) is 0 Å². The van der Waals surface area contributed by atoms with Gasteiger partial charge in [0.2, 0.25) is 0 Å². The monoisotopic (exact) mass is 174 g/mol. The predicted octanol–water partition coefficient (Wildman–Crippen LogP) is 2.68. The molecule has 0 aliphatic heterocycles. The summed E-state index contributed by atoms with van der Waals surface area (Å²) in [5.74, 6) is 1.07. The molecule has 0 bridgehead atoms. The maximum Gasteiger partial charge on any atom is 0.160 e. The minimum atomic E-state index is -0.0278. The van der Waals surface area contributed by atoms with Crippen molar-refractivity contribution >= 4 is 0 Å². The quantitative estimate of drug-likeness (QED) is 0.576. The molecule has 2 nitrogen and oxygen atoms in total. The van der Waals surface area contributed by atoms with Gasteiger partial charge in [-0.25, -0.2) is 0 Å². The third-order valence-corrected chi connectivity index (χ3v) is 2.14. The highest BCUT2D eigenvalue weighted by atomic mass is 16.7. The minimum Gasteiger partial charge on any atom is -0.353 e. The Hall–Kier alpha value is -0.0800. The average Bonchev–Trinajstić information content (AvgIpc) is 2.03. The van der Waals surface area contributed by atoms with E-state index in [1.807, 2.05) is 13.8 Å². The molecule has 0 aliphatic carbocycles. The van der Waals surface area contributed by atoms with E-state index in [-0.39, 0.29) is 6.29 Å². The van der Waals surface area contributed by atoms with Gasteiger partial charge in [-0.3, -0.25) is 0 Å². The van der Waals surface area contributed by atoms with Crippen LogP contribution in [0.3, 0.4) is 0 Å². The maximum absolute atomic E-state index is 5.48. The average molecular weight is 174 g/mol. The molecule has 12 heavy (non-hydrogen) atoms. The molecular weight excluding hydrogens is 152 g/mol. The lowest BCUT2D eigenvalue weighted by molar-refractivity contribution is -0.171. The van der Waals surface area contributed by atoms with Crippen molar-refractivity contribution in [2.75, 3.05) is 13.2 Å². The summed E-state index contributed by atoms with van der Waals surface area (Å²) in [6, 6.07) is 0. The first-order valence-corrected chi connectivity index (χ1v) is 4.86. The van der Waals surface area contributed by atoms with E-state index < -0.39 is 0 Å². The Morgan fingerprint density at radius 1 is 0.917 bits per heavy atom. The minimum absolute atomic E-state index is 0.0278. The summed E-state index contributed by atoms with van der Waals surface area (Å²) in [4.78, 5) is 0. The molecular formula is C10H22O2. The van der Waals surface area contributed by atoms with Gasteiger partial charge in [0.25, 0.3) is 0 Å². The lowest BCUT2D eigenvalue weighted by atomic mass is 9.97. The van der Waals surface area contributed by atoms with E-state index in [2.05, 4.69) is 20.8 Å². The van der Waals surface area contributed by atoms with Crippen LogP contribution in [0.1, 0.15) is 34.6 Å². The Kier molecular flexibility index (Phi) is 6.39. The molecule has 0 heterocycles. The van der Waals surface area contributed by atoms with Crippen molar-refractivity contribution in [3.05, 3.63) is 0 Å². The molecule has 0 aromatic heterocycles. The molecule has 0 unspecified atom stereocenters. The van der Waals surface area contributed by atoms with Gasteiger partial charge in [0.05, 0.1) is 0 Å². The van der Waals surface area contributed by atoms with Crippen molar-refractivity contribution in [2.24, 2.45) is 11.8 Å². The zero-order valence-electron chi connectivity index (χ0n) is 8.96. The molecule has 74 valence electrons. The molecule has 0 aromatic carbocycles. The van der Waals surface area contributed by atoms with Crippen molar-refractivity contribution in [2.45, 2.75) is 40.9 Å². The highest BCUT2D eigenvalue weighted by Crippen LogP contribution is 2.18. The first-order valence-electron chi connectivity index (χ1n) is 4.86. The van der Waals surface area contributed by atoms with Crippen LogP contribution >= 0.6 is 0 Å².